The Morgan fingerprint density at radius 1 is 1.27 bits per heavy atom. The van der Waals surface area contributed by atoms with Gasteiger partial charge in [0.1, 0.15) is 5.78 Å². The van der Waals surface area contributed by atoms with Gasteiger partial charge in [0, 0.05) is 32.7 Å². The molecule has 0 aliphatic carbocycles. The van der Waals surface area contributed by atoms with E-state index in [2.05, 4.69) is 18.7 Å². The van der Waals surface area contributed by atoms with Gasteiger partial charge in [-0.25, -0.2) is 0 Å². The van der Waals surface area contributed by atoms with Crippen LogP contribution in [0.15, 0.2) is 0 Å². The molecule has 0 aliphatic heterocycles. The molecule has 0 unspecified atom stereocenters. The SMILES string of the molecule is CCC(CC)N(CCOC)CCC(C)=O. The number of methoxy groups -OCH3 is 1. The molecule has 0 rings (SSSR count). The summed E-state index contributed by atoms with van der Waals surface area (Å²) in [4.78, 5) is 13.3. The normalized spacial score (nSPS) is 11.3. The van der Waals surface area contributed by atoms with Gasteiger partial charge in [0.15, 0.2) is 0 Å². The highest BCUT2D eigenvalue weighted by atomic mass is 16.5. The Balaban J connectivity index is 4.08. The molecule has 0 aromatic rings. The molecule has 0 saturated heterocycles. The monoisotopic (exact) mass is 215 g/mol. The Kier molecular flexibility index (Phi) is 8.62. The number of nitrogens with zero attached hydrogens (tertiary/aromatic N) is 1. The molecule has 0 heterocycles. The molecule has 90 valence electrons. The fourth-order valence-electron chi connectivity index (χ4n) is 1.79. The quantitative estimate of drug-likeness (QED) is 0.590. The molecular formula is C12H25NO2. The van der Waals surface area contributed by atoms with Gasteiger partial charge in [0.05, 0.1) is 6.61 Å². The third kappa shape index (κ3) is 6.63. The van der Waals surface area contributed by atoms with E-state index in [1.165, 1.54) is 0 Å². The predicted octanol–water partition coefficient (Wildman–Crippen LogP) is 2.10. The molecule has 15 heavy (non-hydrogen) atoms. The number of hydrogen-bond acceptors (Lipinski definition) is 3. The molecule has 0 radical (unpaired) electrons. The summed E-state index contributed by atoms with van der Waals surface area (Å²) < 4.78 is 5.09. The molecule has 0 aromatic carbocycles. The molecule has 0 amide bonds. The number of hydrogen-bond donors (Lipinski definition) is 0. The fourth-order valence-corrected chi connectivity index (χ4v) is 1.79. The van der Waals surface area contributed by atoms with E-state index in [9.17, 15) is 4.79 Å². The maximum atomic E-state index is 11.0. The van der Waals surface area contributed by atoms with Crippen molar-refractivity contribution in [3.05, 3.63) is 0 Å². The Morgan fingerprint density at radius 2 is 1.87 bits per heavy atom. The number of ketones is 1. The first-order chi connectivity index (χ1) is 7.15. The van der Waals surface area contributed by atoms with Gasteiger partial charge in [-0.05, 0) is 19.8 Å². The Morgan fingerprint density at radius 3 is 2.27 bits per heavy atom. The van der Waals surface area contributed by atoms with E-state index in [1.54, 1.807) is 14.0 Å². The van der Waals surface area contributed by atoms with Gasteiger partial charge in [-0.15, -0.1) is 0 Å². The molecule has 0 saturated carbocycles. The summed E-state index contributed by atoms with van der Waals surface area (Å²) >= 11 is 0. The van der Waals surface area contributed by atoms with Crippen molar-refractivity contribution in [2.24, 2.45) is 0 Å². The highest BCUT2D eigenvalue weighted by molar-refractivity contribution is 5.75. The van der Waals surface area contributed by atoms with Crippen molar-refractivity contribution in [1.82, 2.24) is 4.90 Å². The van der Waals surface area contributed by atoms with Crippen LogP contribution in [0, 0.1) is 0 Å². The number of carbonyl (C=O) groups excluding carboxylic acids is 1. The highest BCUT2D eigenvalue weighted by Gasteiger charge is 2.14. The molecule has 3 heteroatoms. The average Bonchev–Trinajstić information content (AvgIpc) is 2.22. The van der Waals surface area contributed by atoms with Crippen molar-refractivity contribution in [2.75, 3.05) is 26.8 Å². The van der Waals surface area contributed by atoms with Crippen LogP contribution >= 0.6 is 0 Å². The van der Waals surface area contributed by atoms with Crippen molar-refractivity contribution < 1.29 is 9.53 Å². The van der Waals surface area contributed by atoms with Crippen molar-refractivity contribution >= 4 is 5.78 Å². The minimum Gasteiger partial charge on any atom is -0.383 e. The standard InChI is InChI=1S/C12H25NO2/c1-5-12(6-2)13(9-10-15-4)8-7-11(3)14/h12H,5-10H2,1-4H3. The third-order valence-corrected chi connectivity index (χ3v) is 2.79. The first kappa shape index (κ1) is 14.6. The maximum absolute atomic E-state index is 11.0. The minimum atomic E-state index is 0.267. The first-order valence-corrected chi connectivity index (χ1v) is 5.88. The second-order valence-corrected chi connectivity index (χ2v) is 3.95. The van der Waals surface area contributed by atoms with Crippen LogP contribution in [0.1, 0.15) is 40.0 Å². The van der Waals surface area contributed by atoms with Crippen LogP contribution in [0.25, 0.3) is 0 Å². The van der Waals surface area contributed by atoms with E-state index in [0.29, 0.717) is 12.5 Å². The van der Waals surface area contributed by atoms with Crippen LogP contribution in [0.2, 0.25) is 0 Å². The van der Waals surface area contributed by atoms with Gasteiger partial charge >= 0.3 is 0 Å². The average molecular weight is 215 g/mol. The molecule has 0 fully saturated rings. The number of rotatable bonds is 9. The second-order valence-electron chi connectivity index (χ2n) is 3.95. The molecule has 0 aromatic heterocycles. The van der Waals surface area contributed by atoms with Crippen LogP contribution in [0.4, 0.5) is 0 Å². The molecule has 0 N–H and O–H groups in total. The van der Waals surface area contributed by atoms with Crippen molar-refractivity contribution in [3.8, 4) is 0 Å². The zero-order chi connectivity index (χ0) is 11.7. The van der Waals surface area contributed by atoms with Crippen LogP contribution in [-0.2, 0) is 9.53 Å². The lowest BCUT2D eigenvalue weighted by Crippen LogP contribution is -2.38. The van der Waals surface area contributed by atoms with E-state index in [0.717, 1.165) is 32.5 Å². The minimum absolute atomic E-state index is 0.267. The number of ether oxygens (including phenoxy) is 1. The van der Waals surface area contributed by atoms with Gasteiger partial charge in [-0.2, -0.15) is 0 Å². The van der Waals surface area contributed by atoms with Crippen LogP contribution in [0.3, 0.4) is 0 Å². The maximum Gasteiger partial charge on any atom is 0.131 e. The van der Waals surface area contributed by atoms with Gasteiger partial charge in [-0.3, -0.25) is 9.69 Å². The predicted molar refractivity (Wildman–Crippen MR) is 63.1 cm³/mol. The summed E-state index contributed by atoms with van der Waals surface area (Å²) in [6.45, 7) is 8.58. The topological polar surface area (TPSA) is 29.5 Å². The molecule has 3 nitrogen and oxygen atoms in total. The Hall–Kier alpha value is -0.410. The summed E-state index contributed by atoms with van der Waals surface area (Å²) in [5, 5.41) is 0. The largest absolute Gasteiger partial charge is 0.383 e. The zero-order valence-corrected chi connectivity index (χ0v) is 10.6. The van der Waals surface area contributed by atoms with Gasteiger partial charge in [-0.1, -0.05) is 13.8 Å². The van der Waals surface area contributed by atoms with Gasteiger partial charge in [0.2, 0.25) is 0 Å². The van der Waals surface area contributed by atoms with Crippen LogP contribution < -0.4 is 0 Å². The van der Waals surface area contributed by atoms with Crippen molar-refractivity contribution in [3.63, 3.8) is 0 Å². The summed E-state index contributed by atoms with van der Waals surface area (Å²) in [6, 6.07) is 0.583. The number of carbonyl (C=O) groups is 1. The highest BCUT2D eigenvalue weighted by Crippen LogP contribution is 2.09. The van der Waals surface area contributed by atoms with E-state index in [4.69, 9.17) is 4.74 Å². The van der Waals surface area contributed by atoms with Crippen LogP contribution in [0.5, 0.6) is 0 Å². The summed E-state index contributed by atoms with van der Waals surface area (Å²) in [6.07, 6.45) is 2.93. The Labute approximate surface area is 93.8 Å². The molecule has 0 spiro atoms. The summed E-state index contributed by atoms with van der Waals surface area (Å²) in [5.41, 5.74) is 0. The summed E-state index contributed by atoms with van der Waals surface area (Å²) in [7, 11) is 1.72. The second kappa shape index (κ2) is 8.86. The van der Waals surface area contributed by atoms with Crippen molar-refractivity contribution in [2.45, 2.75) is 46.1 Å². The molecule has 0 atom stereocenters. The Bertz CT molecular complexity index is 167. The van der Waals surface area contributed by atoms with Crippen LogP contribution in [-0.4, -0.2) is 43.5 Å². The molecule has 0 aliphatic rings. The lowest BCUT2D eigenvalue weighted by Gasteiger charge is -2.29. The summed E-state index contributed by atoms with van der Waals surface area (Å²) in [5.74, 6) is 0.267. The zero-order valence-electron chi connectivity index (χ0n) is 10.6. The smallest absolute Gasteiger partial charge is 0.131 e. The van der Waals surface area contributed by atoms with E-state index in [-0.39, 0.29) is 5.78 Å². The fraction of sp³-hybridized carbons (Fsp3) is 0.917. The lowest BCUT2D eigenvalue weighted by molar-refractivity contribution is -0.117. The molecule has 0 bridgehead atoms. The van der Waals surface area contributed by atoms with Gasteiger partial charge in [0.25, 0.3) is 0 Å². The van der Waals surface area contributed by atoms with Gasteiger partial charge < -0.3 is 4.74 Å². The molecular weight excluding hydrogens is 190 g/mol. The van der Waals surface area contributed by atoms with E-state index in [1.807, 2.05) is 0 Å². The third-order valence-electron chi connectivity index (χ3n) is 2.79. The lowest BCUT2D eigenvalue weighted by atomic mass is 10.1. The van der Waals surface area contributed by atoms with Crippen molar-refractivity contribution in [1.29, 1.82) is 0 Å². The number of Topliss-reactive ketones (excluding diaryl/α,β-unsaturated/α-hetero) is 1. The first-order valence-electron chi connectivity index (χ1n) is 5.88. The van der Waals surface area contributed by atoms with E-state index < -0.39 is 0 Å². The van der Waals surface area contributed by atoms with E-state index >= 15 is 0 Å².